The van der Waals surface area contributed by atoms with Gasteiger partial charge < -0.3 is 4.74 Å². The molecule has 0 aromatic heterocycles. The van der Waals surface area contributed by atoms with Gasteiger partial charge in [-0.1, -0.05) is 83.4 Å². The number of Topliss-reactive ketones (excluding diaryl/α,β-unsaturated/α-hetero) is 2. The summed E-state index contributed by atoms with van der Waals surface area (Å²) in [6, 6.07) is 18.2. The first-order valence-electron chi connectivity index (χ1n) is 11.0. The van der Waals surface area contributed by atoms with Crippen molar-refractivity contribution in [1.82, 2.24) is 0 Å². The molecule has 0 N–H and O–H groups in total. The Morgan fingerprint density at radius 3 is 2.06 bits per heavy atom. The lowest BCUT2D eigenvalue weighted by molar-refractivity contribution is -0.127. The van der Waals surface area contributed by atoms with E-state index in [1.165, 1.54) is 18.2 Å². The van der Waals surface area contributed by atoms with Crippen molar-refractivity contribution in [2.24, 2.45) is 11.8 Å². The maximum atomic E-state index is 13.9. The van der Waals surface area contributed by atoms with Crippen LogP contribution >= 0.6 is 23.2 Å². The van der Waals surface area contributed by atoms with Crippen LogP contribution in [0.5, 0.6) is 0 Å². The molecule has 35 heavy (non-hydrogen) atoms. The zero-order valence-corrected chi connectivity index (χ0v) is 19.8. The number of halogens is 2. The van der Waals surface area contributed by atoms with E-state index in [9.17, 15) is 19.2 Å². The highest BCUT2D eigenvalue weighted by molar-refractivity contribution is 6.45. The zero-order chi connectivity index (χ0) is 24.6. The molecule has 2 aliphatic heterocycles. The van der Waals surface area contributed by atoms with Crippen molar-refractivity contribution in [1.29, 1.82) is 0 Å². The van der Waals surface area contributed by atoms with E-state index in [4.69, 9.17) is 27.9 Å². The summed E-state index contributed by atoms with van der Waals surface area (Å²) in [7, 11) is 0. The summed E-state index contributed by atoms with van der Waals surface area (Å²) < 4.78 is 6.26. The van der Waals surface area contributed by atoms with E-state index in [1.807, 2.05) is 19.1 Å². The van der Waals surface area contributed by atoms with Gasteiger partial charge in [0.15, 0.2) is 0 Å². The largest absolute Gasteiger partial charge is 0.349 e. The first-order chi connectivity index (χ1) is 16.8. The number of aryl methyl sites for hydroxylation is 1. The maximum absolute atomic E-state index is 13.9. The first kappa shape index (κ1) is 22.2. The number of ether oxygens (including phenoxy) is 1. The van der Waals surface area contributed by atoms with Crippen LogP contribution in [0.3, 0.4) is 0 Å². The van der Waals surface area contributed by atoms with Gasteiger partial charge >= 0.3 is 0 Å². The van der Waals surface area contributed by atoms with E-state index in [-0.39, 0.29) is 26.9 Å². The molecule has 3 aromatic rings. The first-order valence-corrected chi connectivity index (χ1v) is 11.8. The molecule has 2 amide bonds. The summed E-state index contributed by atoms with van der Waals surface area (Å²) in [6.07, 6.45) is -0.984. The summed E-state index contributed by atoms with van der Waals surface area (Å²) in [5.41, 5.74) is -0.0765. The number of fused-ring (bicyclic) bond motifs is 3. The number of hydrogen-bond acceptors (Lipinski definition) is 5. The number of benzene rings is 3. The Morgan fingerprint density at radius 1 is 0.800 bits per heavy atom. The van der Waals surface area contributed by atoms with E-state index in [0.717, 1.165) is 10.5 Å². The zero-order valence-electron chi connectivity index (χ0n) is 18.3. The molecule has 2 saturated heterocycles. The lowest BCUT2D eigenvalue weighted by Crippen LogP contribution is -2.51. The van der Waals surface area contributed by atoms with Gasteiger partial charge in [-0.25, -0.2) is 4.90 Å². The predicted octanol–water partition coefficient (Wildman–Crippen LogP) is 5.00. The fourth-order valence-corrected chi connectivity index (χ4v) is 5.86. The summed E-state index contributed by atoms with van der Waals surface area (Å²) >= 11 is 12.5. The second-order valence-electron chi connectivity index (χ2n) is 8.98. The van der Waals surface area contributed by atoms with Crippen LogP contribution in [0.4, 0.5) is 5.69 Å². The van der Waals surface area contributed by atoms with E-state index in [0.29, 0.717) is 5.56 Å². The van der Waals surface area contributed by atoms with Gasteiger partial charge in [0, 0.05) is 11.1 Å². The van der Waals surface area contributed by atoms with Gasteiger partial charge in [0.1, 0.15) is 0 Å². The predicted molar refractivity (Wildman–Crippen MR) is 129 cm³/mol. The van der Waals surface area contributed by atoms with Crippen LogP contribution in [-0.2, 0) is 14.3 Å². The minimum Gasteiger partial charge on any atom is -0.349 e. The monoisotopic (exact) mass is 505 g/mol. The van der Waals surface area contributed by atoms with Crippen molar-refractivity contribution in [2.75, 3.05) is 4.90 Å². The third-order valence-corrected chi connectivity index (χ3v) is 7.91. The van der Waals surface area contributed by atoms with Crippen molar-refractivity contribution in [3.05, 3.63) is 99.0 Å². The molecule has 174 valence electrons. The Balaban J connectivity index is 1.56. The average molecular weight is 506 g/mol. The Morgan fingerprint density at radius 2 is 1.43 bits per heavy atom. The third-order valence-electron chi connectivity index (χ3n) is 7.10. The van der Waals surface area contributed by atoms with Crippen LogP contribution in [0, 0.1) is 18.8 Å². The summed E-state index contributed by atoms with van der Waals surface area (Å²) in [6.45, 7) is 1.91. The second kappa shape index (κ2) is 7.59. The molecule has 0 bridgehead atoms. The molecule has 3 atom stereocenters. The number of hydrogen-bond donors (Lipinski definition) is 0. The Kier molecular flexibility index (Phi) is 4.81. The Labute approximate surface area is 210 Å². The Bertz CT molecular complexity index is 1430. The minimum absolute atomic E-state index is 0.0325. The molecule has 2 fully saturated rings. The van der Waals surface area contributed by atoms with Crippen LogP contribution in [-0.4, -0.2) is 29.0 Å². The maximum Gasteiger partial charge on any atom is 0.241 e. The van der Waals surface area contributed by atoms with Gasteiger partial charge in [-0.15, -0.1) is 0 Å². The molecule has 3 aliphatic rings. The number of amides is 2. The quantitative estimate of drug-likeness (QED) is 0.361. The summed E-state index contributed by atoms with van der Waals surface area (Å²) in [4.78, 5) is 56.2. The van der Waals surface area contributed by atoms with Crippen molar-refractivity contribution < 1.29 is 23.9 Å². The smallest absolute Gasteiger partial charge is 0.241 e. The second-order valence-corrected chi connectivity index (χ2v) is 9.76. The van der Waals surface area contributed by atoms with E-state index < -0.39 is 46.9 Å². The number of nitrogens with zero attached hydrogens (tertiary/aromatic N) is 1. The lowest BCUT2D eigenvalue weighted by atomic mass is 9.77. The number of anilines is 1. The van der Waals surface area contributed by atoms with Gasteiger partial charge in [-0.2, -0.15) is 0 Å². The van der Waals surface area contributed by atoms with E-state index in [2.05, 4.69) is 0 Å². The van der Waals surface area contributed by atoms with Gasteiger partial charge in [-0.05, 0) is 24.6 Å². The molecular weight excluding hydrogens is 489 g/mol. The van der Waals surface area contributed by atoms with Crippen LogP contribution in [0.2, 0.25) is 10.0 Å². The summed E-state index contributed by atoms with van der Waals surface area (Å²) in [5, 5.41) is 0.202. The highest BCUT2D eigenvalue weighted by atomic mass is 35.5. The highest BCUT2D eigenvalue weighted by Crippen LogP contribution is 2.58. The molecule has 1 spiro atoms. The summed E-state index contributed by atoms with van der Waals surface area (Å²) in [5.74, 6) is -4.96. The van der Waals surface area contributed by atoms with Gasteiger partial charge in [0.05, 0.1) is 33.7 Å². The number of carbonyl (C=O) groups excluding carboxylic acids is 4. The van der Waals surface area contributed by atoms with Crippen LogP contribution in [0.15, 0.2) is 66.7 Å². The van der Waals surface area contributed by atoms with Crippen molar-refractivity contribution in [3.63, 3.8) is 0 Å². The SMILES string of the molecule is Cc1ccc([C@H]2OC3(C(=O)c4ccccc4C3=O)[C@@H]3C(=O)N(c4cccc(Cl)c4Cl)C(=O)[C@@H]23)cc1. The fourth-order valence-electron chi connectivity index (χ4n) is 5.48. The van der Waals surface area contributed by atoms with Gasteiger partial charge in [-0.3, -0.25) is 19.2 Å². The van der Waals surface area contributed by atoms with Crippen molar-refractivity contribution in [3.8, 4) is 0 Å². The molecule has 3 aromatic carbocycles. The molecule has 0 unspecified atom stereocenters. The number of rotatable bonds is 2. The minimum atomic E-state index is -2.13. The van der Waals surface area contributed by atoms with Crippen LogP contribution in [0.1, 0.15) is 37.9 Å². The van der Waals surface area contributed by atoms with Crippen molar-refractivity contribution >= 4 is 52.3 Å². The van der Waals surface area contributed by atoms with Gasteiger partial charge in [0.2, 0.25) is 29.0 Å². The lowest BCUT2D eigenvalue weighted by Gasteiger charge is -2.27. The number of ketones is 2. The van der Waals surface area contributed by atoms with Crippen LogP contribution in [0.25, 0.3) is 0 Å². The molecule has 6 nitrogen and oxygen atoms in total. The molecule has 2 heterocycles. The third kappa shape index (κ3) is 2.82. The number of carbonyl (C=O) groups is 4. The fraction of sp³-hybridized carbons (Fsp3) is 0.185. The molecule has 0 saturated carbocycles. The normalized spacial score (nSPS) is 24.4. The molecular formula is C27H17Cl2NO5. The molecule has 6 rings (SSSR count). The van der Waals surface area contributed by atoms with Gasteiger partial charge in [0.25, 0.3) is 0 Å². The molecule has 1 aliphatic carbocycles. The van der Waals surface area contributed by atoms with E-state index >= 15 is 0 Å². The van der Waals surface area contributed by atoms with E-state index in [1.54, 1.807) is 36.4 Å². The number of imide groups is 1. The average Bonchev–Trinajstić information content (AvgIpc) is 3.42. The van der Waals surface area contributed by atoms with Crippen molar-refractivity contribution in [2.45, 2.75) is 18.6 Å². The molecule has 8 heteroatoms. The highest BCUT2D eigenvalue weighted by Gasteiger charge is 2.74. The standard InChI is InChI=1S/C27H17Cl2NO5/c1-13-9-11-14(12-10-13)22-19-20(26(34)30(25(19)33)18-8-4-7-17(28)21(18)29)27(35-22)23(31)15-5-2-3-6-16(15)24(27)32/h2-12,19-20,22H,1H3/t19-,20+,22-/m1/s1. The van der Waals surface area contributed by atoms with Crippen LogP contribution < -0.4 is 4.90 Å². The Hall–Kier alpha value is -3.32. The molecule has 0 radical (unpaired) electrons. The topological polar surface area (TPSA) is 80.8 Å².